The van der Waals surface area contributed by atoms with Crippen LogP contribution in [0.4, 0.5) is 0 Å². The zero-order valence-electron chi connectivity index (χ0n) is 13.7. The fourth-order valence-electron chi connectivity index (χ4n) is 3.48. The molecule has 0 atom stereocenters. The normalized spacial score (nSPS) is 10.9. The fraction of sp³-hybridized carbons (Fsp3) is 0.0909. The lowest BCUT2D eigenvalue weighted by Gasteiger charge is -2.11. The molecule has 0 saturated carbocycles. The summed E-state index contributed by atoms with van der Waals surface area (Å²) in [6.07, 6.45) is 1.84. The first-order chi connectivity index (χ1) is 11.7. The third-order valence-electron chi connectivity index (χ3n) is 4.40. The van der Waals surface area contributed by atoms with Gasteiger partial charge in [-0.25, -0.2) is 0 Å². The molecule has 0 N–H and O–H groups in total. The molecule has 1 heterocycles. The zero-order valence-corrected chi connectivity index (χ0v) is 13.7. The lowest BCUT2D eigenvalue weighted by molar-refractivity contribution is 1.33. The summed E-state index contributed by atoms with van der Waals surface area (Å²) in [5, 5.41) is 13.7. The number of aryl methyl sites for hydroxylation is 2. The molecule has 2 nitrogen and oxygen atoms in total. The van der Waals surface area contributed by atoms with Gasteiger partial charge in [-0.3, -0.25) is 4.98 Å². The third-order valence-corrected chi connectivity index (χ3v) is 4.40. The lowest BCUT2D eigenvalue weighted by atomic mass is 9.95. The maximum atomic E-state index is 9.49. The molecule has 1 aromatic heterocycles. The van der Waals surface area contributed by atoms with Crippen LogP contribution in [0.3, 0.4) is 0 Å². The van der Waals surface area contributed by atoms with Gasteiger partial charge >= 0.3 is 0 Å². The van der Waals surface area contributed by atoms with Gasteiger partial charge in [-0.15, -0.1) is 0 Å². The number of hydrogen-bond donors (Lipinski definition) is 0. The second-order valence-electron chi connectivity index (χ2n) is 6.21. The second kappa shape index (κ2) is 5.47. The van der Waals surface area contributed by atoms with Crippen LogP contribution in [-0.2, 0) is 0 Å². The van der Waals surface area contributed by atoms with Crippen LogP contribution < -0.4 is 0 Å². The number of nitrogens with zero attached hydrogens (tertiary/aromatic N) is 2. The van der Waals surface area contributed by atoms with Gasteiger partial charge in [-0.2, -0.15) is 5.26 Å². The van der Waals surface area contributed by atoms with Crippen molar-refractivity contribution in [2.24, 2.45) is 0 Å². The molecule has 0 aliphatic rings. The van der Waals surface area contributed by atoms with Gasteiger partial charge in [0.1, 0.15) is 0 Å². The van der Waals surface area contributed by atoms with Gasteiger partial charge in [0, 0.05) is 22.5 Å². The Morgan fingerprint density at radius 2 is 1.67 bits per heavy atom. The molecule has 3 aromatic carbocycles. The molecule has 0 unspecified atom stereocenters. The van der Waals surface area contributed by atoms with Crippen molar-refractivity contribution < 1.29 is 0 Å². The first kappa shape index (κ1) is 14.4. The maximum absolute atomic E-state index is 9.49. The molecule has 4 rings (SSSR count). The highest BCUT2D eigenvalue weighted by atomic mass is 14.7. The van der Waals surface area contributed by atoms with Crippen LogP contribution in [-0.4, -0.2) is 4.98 Å². The van der Waals surface area contributed by atoms with Crippen LogP contribution in [0.5, 0.6) is 0 Å². The third kappa shape index (κ3) is 2.23. The summed E-state index contributed by atoms with van der Waals surface area (Å²) < 4.78 is 0. The van der Waals surface area contributed by atoms with E-state index in [1.807, 2.05) is 30.5 Å². The van der Waals surface area contributed by atoms with E-state index >= 15 is 0 Å². The SMILES string of the molecule is Cc1cc(C)cc(-c2nccc3c2ccc2cccc(C#N)c23)c1. The quantitative estimate of drug-likeness (QED) is 0.433. The van der Waals surface area contributed by atoms with Gasteiger partial charge < -0.3 is 0 Å². The average Bonchev–Trinajstić information content (AvgIpc) is 2.59. The summed E-state index contributed by atoms with van der Waals surface area (Å²) in [5.74, 6) is 0. The predicted molar refractivity (Wildman–Crippen MR) is 98.9 cm³/mol. The van der Waals surface area contributed by atoms with Crippen molar-refractivity contribution >= 4 is 21.5 Å². The van der Waals surface area contributed by atoms with Crippen molar-refractivity contribution in [2.75, 3.05) is 0 Å². The van der Waals surface area contributed by atoms with E-state index < -0.39 is 0 Å². The van der Waals surface area contributed by atoms with E-state index in [2.05, 4.69) is 55.2 Å². The number of aromatic nitrogens is 1. The van der Waals surface area contributed by atoms with Gasteiger partial charge in [-0.05, 0) is 48.9 Å². The molecule has 0 fully saturated rings. The molecule has 0 radical (unpaired) electrons. The molecular formula is C22H16N2. The molecule has 0 saturated heterocycles. The molecule has 0 aliphatic carbocycles. The number of benzene rings is 3. The highest BCUT2D eigenvalue weighted by Gasteiger charge is 2.11. The van der Waals surface area contributed by atoms with Gasteiger partial charge in [0.05, 0.1) is 17.3 Å². The van der Waals surface area contributed by atoms with Crippen LogP contribution in [0, 0.1) is 25.2 Å². The Morgan fingerprint density at radius 1 is 0.875 bits per heavy atom. The summed E-state index contributed by atoms with van der Waals surface area (Å²) in [6.45, 7) is 4.20. The maximum Gasteiger partial charge on any atom is 0.0998 e. The standard InChI is InChI=1S/C22H16N2/c1-14-10-15(2)12-18(11-14)22-20-7-6-16-4-3-5-17(13-23)21(16)19(20)8-9-24-22/h3-12H,1-2H3. The summed E-state index contributed by atoms with van der Waals surface area (Å²) in [4.78, 5) is 4.64. The number of rotatable bonds is 1. The van der Waals surface area contributed by atoms with Crippen molar-refractivity contribution in [3.05, 3.63) is 77.5 Å². The van der Waals surface area contributed by atoms with Crippen molar-refractivity contribution in [1.82, 2.24) is 4.98 Å². The topological polar surface area (TPSA) is 36.7 Å². The molecular weight excluding hydrogens is 292 g/mol. The van der Waals surface area contributed by atoms with E-state index in [9.17, 15) is 5.26 Å². The fourth-order valence-corrected chi connectivity index (χ4v) is 3.48. The molecule has 0 amide bonds. The van der Waals surface area contributed by atoms with Crippen LogP contribution >= 0.6 is 0 Å². The van der Waals surface area contributed by atoms with Crippen molar-refractivity contribution in [1.29, 1.82) is 5.26 Å². The smallest absolute Gasteiger partial charge is 0.0998 e. The van der Waals surface area contributed by atoms with E-state index in [-0.39, 0.29) is 0 Å². The van der Waals surface area contributed by atoms with Crippen LogP contribution in [0.2, 0.25) is 0 Å². The summed E-state index contributed by atoms with van der Waals surface area (Å²) >= 11 is 0. The zero-order chi connectivity index (χ0) is 16.7. The Bertz CT molecular complexity index is 1110. The molecule has 24 heavy (non-hydrogen) atoms. The highest BCUT2D eigenvalue weighted by molar-refractivity contribution is 6.13. The van der Waals surface area contributed by atoms with Crippen molar-refractivity contribution in [3.8, 4) is 17.3 Å². The number of fused-ring (bicyclic) bond motifs is 3. The van der Waals surface area contributed by atoms with E-state index in [1.54, 1.807) is 0 Å². The van der Waals surface area contributed by atoms with E-state index in [4.69, 9.17) is 0 Å². The second-order valence-corrected chi connectivity index (χ2v) is 6.21. The predicted octanol–water partition coefficient (Wildman–Crippen LogP) is 5.54. The molecule has 2 heteroatoms. The first-order valence-corrected chi connectivity index (χ1v) is 7.96. The number of nitriles is 1. The summed E-state index contributed by atoms with van der Waals surface area (Å²) in [5.41, 5.74) is 5.24. The molecule has 0 bridgehead atoms. The van der Waals surface area contributed by atoms with Gasteiger partial charge in [0.25, 0.3) is 0 Å². The summed E-state index contributed by atoms with van der Waals surface area (Å²) in [7, 11) is 0. The number of hydrogen-bond acceptors (Lipinski definition) is 2. The van der Waals surface area contributed by atoms with Gasteiger partial charge in [0.2, 0.25) is 0 Å². The van der Waals surface area contributed by atoms with Crippen molar-refractivity contribution in [2.45, 2.75) is 13.8 Å². The van der Waals surface area contributed by atoms with E-state index in [0.29, 0.717) is 5.56 Å². The number of pyridine rings is 1. The van der Waals surface area contributed by atoms with Crippen LogP contribution in [0.25, 0.3) is 32.8 Å². The highest BCUT2D eigenvalue weighted by Crippen LogP contribution is 2.33. The van der Waals surface area contributed by atoms with Crippen LogP contribution in [0.15, 0.2) is 60.8 Å². The first-order valence-electron chi connectivity index (χ1n) is 7.96. The van der Waals surface area contributed by atoms with Crippen LogP contribution in [0.1, 0.15) is 16.7 Å². The minimum atomic E-state index is 0.704. The Balaban J connectivity index is 2.13. The molecule has 4 aromatic rings. The minimum absolute atomic E-state index is 0.704. The largest absolute Gasteiger partial charge is 0.256 e. The lowest BCUT2D eigenvalue weighted by Crippen LogP contribution is -1.90. The Labute approximate surface area is 141 Å². The molecule has 0 spiro atoms. The van der Waals surface area contributed by atoms with E-state index in [1.165, 1.54) is 11.1 Å². The van der Waals surface area contributed by atoms with Gasteiger partial charge in [-0.1, -0.05) is 41.5 Å². The average molecular weight is 308 g/mol. The Morgan fingerprint density at radius 3 is 2.42 bits per heavy atom. The Kier molecular flexibility index (Phi) is 3.29. The van der Waals surface area contributed by atoms with Gasteiger partial charge in [0.15, 0.2) is 0 Å². The van der Waals surface area contributed by atoms with Crippen molar-refractivity contribution in [3.63, 3.8) is 0 Å². The summed E-state index contributed by atoms with van der Waals surface area (Å²) in [6, 6.07) is 20.8. The Hall–Kier alpha value is -3.18. The monoisotopic (exact) mass is 308 g/mol. The van der Waals surface area contributed by atoms with E-state index in [0.717, 1.165) is 32.8 Å². The minimum Gasteiger partial charge on any atom is -0.256 e. The molecule has 114 valence electrons. The molecule has 0 aliphatic heterocycles.